The van der Waals surface area contributed by atoms with Crippen molar-refractivity contribution < 1.29 is 9.47 Å². The van der Waals surface area contributed by atoms with Gasteiger partial charge in [0.05, 0.1) is 24.3 Å². The third kappa shape index (κ3) is 3.05. The second-order valence-corrected chi connectivity index (χ2v) is 7.71. The van der Waals surface area contributed by atoms with Crippen molar-refractivity contribution in [2.75, 3.05) is 19.8 Å². The highest BCUT2D eigenvalue weighted by molar-refractivity contribution is 5.46. The van der Waals surface area contributed by atoms with Crippen LogP contribution in [0.5, 0.6) is 11.5 Å². The summed E-state index contributed by atoms with van der Waals surface area (Å²) in [5, 5.41) is 4.50. The third-order valence-corrected chi connectivity index (χ3v) is 5.48. The van der Waals surface area contributed by atoms with Crippen molar-refractivity contribution in [3.63, 3.8) is 0 Å². The molecule has 1 unspecified atom stereocenters. The van der Waals surface area contributed by atoms with Crippen molar-refractivity contribution in [2.24, 2.45) is 0 Å². The molecule has 28 heavy (non-hydrogen) atoms. The molecule has 7 nitrogen and oxygen atoms in total. The highest BCUT2D eigenvalue weighted by atomic mass is 16.6. The van der Waals surface area contributed by atoms with Crippen molar-refractivity contribution in [3.05, 3.63) is 59.4 Å². The smallest absolute Gasteiger partial charge is 0.161 e. The van der Waals surface area contributed by atoms with Gasteiger partial charge < -0.3 is 14.5 Å². The van der Waals surface area contributed by atoms with Crippen molar-refractivity contribution in [1.29, 1.82) is 0 Å². The largest absolute Gasteiger partial charge is 0.486 e. The van der Waals surface area contributed by atoms with E-state index in [1.54, 1.807) is 6.33 Å². The number of H-pyrrole nitrogens is 1. The molecule has 0 saturated heterocycles. The number of fused-ring (bicyclic) bond motifs is 2. The van der Waals surface area contributed by atoms with Gasteiger partial charge in [0.1, 0.15) is 13.2 Å². The summed E-state index contributed by atoms with van der Waals surface area (Å²) in [6, 6.07) is 6.69. The number of aromatic nitrogens is 4. The van der Waals surface area contributed by atoms with E-state index in [-0.39, 0.29) is 6.04 Å². The summed E-state index contributed by atoms with van der Waals surface area (Å²) in [6.07, 6.45) is 6.89. The number of nitrogens with zero attached hydrogens (tertiary/aromatic N) is 4. The maximum atomic E-state index is 5.82. The summed E-state index contributed by atoms with van der Waals surface area (Å²) in [7, 11) is 0. The molecule has 2 aliphatic rings. The summed E-state index contributed by atoms with van der Waals surface area (Å²) in [6.45, 7) is 7.27. The van der Waals surface area contributed by atoms with Crippen LogP contribution < -0.4 is 9.47 Å². The standard InChI is InChI=1S/C21H25N5O2/c1-14(2)26-12-15(10-24-26)11-25-6-5-17-20(23-13-22-17)21(25)16-3-4-18-19(9-16)28-8-7-27-18/h3-4,9-10,12-14,21H,5-8,11H2,1-2H3,(H,22,23). The fourth-order valence-corrected chi connectivity index (χ4v) is 4.07. The van der Waals surface area contributed by atoms with Crippen LogP contribution in [-0.2, 0) is 13.0 Å². The van der Waals surface area contributed by atoms with Crippen molar-refractivity contribution in [2.45, 2.75) is 38.9 Å². The molecule has 0 amide bonds. The van der Waals surface area contributed by atoms with Crippen LogP contribution in [-0.4, -0.2) is 44.4 Å². The summed E-state index contributed by atoms with van der Waals surface area (Å²) in [5.74, 6) is 1.64. The van der Waals surface area contributed by atoms with Crippen molar-refractivity contribution in [3.8, 4) is 11.5 Å². The number of rotatable bonds is 4. The zero-order valence-corrected chi connectivity index (χ0v) is 16.3. The molecule has 4 heterocycles. The Hall–Kier alpha value is -2.80. The van der Waals surface area contributed by atoms with Gasteiger partial charge >= 0.3 is 0 Å². The van der Waals surface area contributed by atoms with E-state index in [4.69, 9.17) is 9.47 Å². The first-order valence-electron chi connectivity index (χ1n) is 9.88. The van der Waals surface area contributed by atoms with E-state index < -0.39 is 0 Å². The van der Waals surface area contributed by atoms with Gasteiger partial charge in [-0.3, -0.25) is 9.58 Å². The highest BCUT2D eigenvalue weighted by Gasteiger charge is 2.32. The zero-order valence-electron chi connectivity index (χ0n) is 16.3. The fourth-order valence-electron chi connectivity index (χ4n) is 4.07. The zero-order chi connectivity index (χ0) is 19.1. The normalized spacial score (nSPS) is 19.0. The summed E-state index contributed by atoms with van der Waals surface area (Å²) in [5.41, 5.74) is 4.71. The predicted octanol–water partition coefficient (Wildman–Crippen LogP) is 3.11. The Morgan fingerprint density at radius 1 is 1.21 bits per heavy atom. The minimum atomic E-state index is 0.0771. The highest BCUT2D eigenvalue weighted by Crippen LogP contribution is 2.39. The molecule has 3 aromatic rings. The lowest BCUT2D eigenvalue weighted by Gasteiger charge is -2.35. The Morgan fingerprint density at radius 2 is 2.07 bits per heavy atom. The molecule has 0 saturated carbocycles. The molecule has 0 radical (unpaired) electrons. The Bertz CT molecular complexity index is 977. The molecule has 146 valence electrons. The second-order valence-electron chi connectivity index (χ2n) is 7.71. The van der Waals surface area contributed by atoms with Crippen molar-refractivity contribution in [1.82, 2.24) is 24.6 Å². The molecule has 0 fully saturated rings. The van der Waals surface area contributed by atoms with E-state index in [1.165, 1.54) is 16.8 Å². The molecule has 5 rings (SSSR count). The lowest BCUT2D eigenvalue weighted by molar-refractivity contribution is 0.169. The number of benzene rings is 1. The average molecular weight is 379 g/mol. The summed E-state index contributed by atoms with van der Waals surface area (Å²) < 4.78 is 13.5. The Kier molecular flexibility index (Phi) is 4.31. The maximum absolute atomic E-state index is 5.82. The first kappa shape index (κ1) is 17.3. The van der Waals surface area contributed by atoms with Crippen LogP contribution >= 0.6 is 0 Å². The van der Waals surface area contributed by atoms with Crippen LogP contribution in [0.15, 0.2) is 36.9 Å². The molecule has 1 N–H and O–H groups in total. The lowest BCUT2D eigenvalue weighted by Crippen LogP contribution is -2.35. The van der Waals surface area contributed by atoms with Gasteiger partial charge in [0.2, 0.25) is 0 Å². The predicted molar refractivity (Wildman–Crippen MR) is 105 cm³/mol. The first-order chi connectivity index (χ1) is 13.7. The maximum Gasteiger partial charge on any atom is 0.161 e. The van der Waals surface area contributed by atoms with Gasteiger partial charge in [-0.2, -0.15) is 5.10 Å². The SMILES string of the molecule is CC(C)n1cc(CN2CCc3[nH]cnc3C2c2ccc3c(c2)OCCO3)cn1. The van der Waals surface area contributed by atoms with Gasteiger partial charge in [0, 0.05) is 43.0 Å². The van der Waals surface area contributed by atoms with Gasteiger partial charge in [-0.1, -0.05) is 6.07 Å². The number of hydrogen-bond donors (Lipinski definition) is 1. The minimum absolute atomic E-state index is 0.0771. The third-order valence-electron chi connectivity index (χ3n) is 5.48. The van der Waals surface area contributed by atoms with E-state index >= 15 is 0 Å². The molecular weight excluding hydrogens is 354 g/mol. The molecule has 1 atom stereocenters. The number of hydrogen-bond acceptors (Lipinski definition) is 5. The topological polar surface area (TPSA) is 68.2 Å². The van der Waals surface area contributed by atoms with Gasteiger partial charge in [-0.05, 0) is 31.5 Å². The number of nitrogens with one attached hydrogen (secondary N) is 1. The van der Waals surface area contributed by atoms with Crippen LogP contribution in [0.1, 0.15) is 48.4 Å². The molecule has 0 bridgehead atoms. The number of ether oxygens (including phenoxy) is 2. The molecule has 7 heteroatoms. The molecule has 2 aromatic heterocycles. The van der Waals surface area contributed by atoms with Gasteiger partial charge in [-0.25, -0.2) is 4.98 Å². The van der Waals surface area contributed by atoms with Gasteiger partial charge in [0.15, 0.2) is 11.5 Å². The molecular formula is C21H25N5O2. The first-order valence-corrected chi connectivity index (χ1v) is 9.88. The molecule has 0 aliphatic carbocycles. The van der Waals surface area contributed by atoms with Crippen LogP contribution in [0, 0.1) is 0 Å². The van der Waals surface area contributed by atoms with E-state index in [0.29, 0.717) is 19.3 Å². The quantitative estimate of drug-likeness (QED) is 0.754. The Morgan fingerprint density at radius 3 is 2.89 bits per heavy atom. The average Bonchev–Trinajstić information content (AvgIpc) is 3.37. The summed E-state index contributed by atoms with van der Waals surface area (Å²) in [4.78, 5) is 10.4. The van der Waals surface area contributed by atoms with Crippen LogP contribution in [0.25, 0.3) is 0 Å². The van der Waals surface area contributed by atoms with Crippen LogP contribution in [0.4, 0.5) is 0 Å². The minimum Gasteiger partial charge on any atom is -0.486 e. The molecule has 2 aliphatic heterocycles. The van der Waals surface area contributed by atoms with Crippen molar-refractivity contribution >= 4 is 0 Å². The number of imidazole rings is 1. The fraction of sp³-hybridized carbons (Fsp3) is 0.429. The second kappa shape index (κ2) is 6.98. The van der Waals surface area contributed by atoms with E-state index in [2.05, 4.69) is 52.1 Å². The van der Waals surface area contributed by atoms with Crippen LogP contribution in [0.2, 0.25) is 0 Å². The monoisotopic (exact) mass is 379 g/mol. The molecule has 0 spiro atoms. The van der Waals surface area contributed by atoms with Crippen LogP contribution in [0.3, 0.4) is 0 Å². The number of aromatic amines is 1. The molecule has 1 aromatic carbocycles. The summed E-state index contributed by atoms with van der Waals surface area (Å²) >= 11 is 0. The van der Waals surface area contributed by atoms with E-state index in [0.717, 1.165) is 36.7 Å². The lowest BCUT2D eigenvalue weighted by atomic mass is 9.95. The van der Waals surface area contributed by atoms with Gasteiger partial charge in [-0.15, -0.1) is 0 Å². The van der Waals surface area contributed by atoms with Gasteiger partial charge in [0.25, 0.3) is 0 Å². The van der Waals surface area contributed by atoms with E-state index in [9.17, 15) is 0 Å². The Balaban J connectivity index is 1.49. The Labute approximate surface area is 164 Å². The van der Waals surface area contributed by atoms with E-state index in [1.807, 2.05) is 16.9 Å².